The molecule has 2 rings (SSSR count). The summed E-state index contributed by atoms with van der Waals surface area (Å²) in [5, 5.41) is 3.32. The number of carbonyl (C=O) groups excluding carboxylic acids is 2. The van der Waals surface area contributed by atoms with Crippen molar-refractivity contribution in [3.63, 3.8) is 0 Å². The number of hydrazine groups is 1. The fraction of sp³-hybridized carbons (Fsp3) is 0.526. The second kappa shape index (κ2) is 12.1. The van der Waals surface area contributed by atoms with Crippen LogP contribution >= 0.6 is 12.2 Å². The van der Waals surface area contributed by atoms with Crippen LogP contribution in [0.3, 0.4) is 0 Å². The molecule has 0 bridgehead atoms. The first kappa shape index (κ1) is 22.7. The minimum atomic E-state index is -0.296. The van der Waals surface area contributed by atoms with E-state index in [0.29, 0.717) is 55.9 Å². The topological polar surface area (TPSA) is 101 Å². The van der Waals surface area contributed by atoms with Crippen LogP contribution in [0.4, 0.5) is 0 Å². The first-order valence-corrected chi connectivity index (χ1v) is 9.83. The number of methoxy groups -OCH3 is 2. The van der Waals surface area contributed by atoms with E-state index in [9.17, 15) is 9.59 Å². The summed E-state index contributed by atoms with van der Waals surface area (Å²) in [7, 11) is 3.19. The van der Waals surface area contributed by atoms with Crippen LogP contribution in [0.1, 0.15) is 18.4 Å². The molecule has 0 aromatic heterocycles. The molecule has 160 valence electrons. The van der Waals surface area contributed by atoms with Crippen LogP contribution in [0.25, 0.3) is 0 Å². The number of thiocarbonyl (C=S) groups is 1. The summed E-state index contributed by atoms with van der Waals surface area (Å²) < 4.78 is 15.7. The van der Waals surface area contributed by atoms with Crippen molar-refractivity contribution in [2.75, 3.05) is 47.1 Å². The molecule has 10 heteroatoms. The lowest BCUT2D eigenvalue weighted by molar-refractivity contribution is -0.137. The van der Waals surface area contributed by atoms with E-state index in [2.05, 4.69) is 16.2 Å². The fourth-order valence-corrected chi connectivity index (χ4v) is 2.93. The number of morpholine rings is 1. The number of benzene rings is 1. The summed E-state index contributed by atoms with van der Waals surface area (Å²) in [6, 6.07) is 5.71. The molecule has 0 saturated carbocycles. The SMILES string of the molecule is COc1ccc(CCNC(=S)NNC(=O)CCC(=O)N2CCOCC2)cc1OC. The van der Waals surface area contributed by atoms with Gasteiger partial charge in [0.1, 0.15) is 0 Å². The number of ether oxygens (including phenoxy) is 3. The Balaban J connectivity index is 1.61. The minimum absolute atomic E-state index is 0.0425. The van der Waals surface area contributed by atoms with E-state index in [0.717, 1.165) is 5.56 Å². The Morgan fingerprint density at radius 3 is 2.52 bits per heavy atom. The van der Waals surface area contributed by atoms with E-state index in [1.54, 1.807) is 19.1 Å². The molecule has 0 aliphatic carbocycles. The molecular formula is C19H28N4O5S. The zero-order valence-corrected chi connectivity index (χ0v) is 17.6. The van der Waals surface area contributed by atoms with Crippen LogP contribution < -0.4 is 25.6 Å². The summed E-state index contributed by atoms with van der Waals surface area (Å²) in [5.74, 6) is 1.01. The highest BCUT2D eigenvalue weighted by Crippen LogP contribution is 2.27. The standard InChI is InChI=1S/C19H28N4O5S/c1-26-15-4-3-14(13-16(15)27-2)7-8-20-19(29)22-21-17(24)5-6-18(25)23-9-11-28-12-10-23/h3-4,13H,5-12H2,1-2H3,(H,21,24)(H2,20,22,29). The molecule has 0 atom stereocenters. The predicted octanol–water partition coefficient (Wildman–Crippen LogP) is 0.381. The molecule has 1 fully saturated rings. The molecule has 0 unspecified atom stereocenters. The average Bonchev–Trinajstić information content (AvgIpc) is 2.76. The summed E-state index contributed by atoms with van der Waals surface area (Å²) in [6.07, 6.45) is 0.967. The van der Waals surface area contributed by atoms with Gasteiger partial charge in [-0.2, -0.15) is 0 Å². The molecule has 1 aromatic rings. The zero-order valence-electron chi connectivity index (χ0n) is 16.8. The van der Waals surface area contributed by atoms with Crippen LogP contribution in [0.2, 0.25) is 0 Å². The van der Waals surface area contributed by atoms with Crippen molar-refractivity contribution in [3.05, 3.63) is 23.8 Å². The van der Waals surface area contributed by atoms with Gasteiger partial charge >= 0.3 is 0 Å². The number of carbonyl (C=O) groups is 2. The van der Waals surface area contributed by atoms with Crippen LogP contribution in [0.15, 0.2) is 18.2 Å². The van der Waals surface area contributed by atoms with Crippen LogP contribution in [0, 0.1) is 0 Å². The number of nitrogens with one attached hydrogen (secondary N) is 3. The molecule has 9 nitrogen and oxygen atoms in total. The molecule has 1 aromatic carbocycles. The van der Waals surface area contributed by atoms with Crippen molar-refractivity contribution >= 4 is 29.1 Å². The second-order valence-corrected chi connectivity index (χ2v) is 6.77. The van der Waals surface area contributed by atoms with Crippen molar-refractivity contribution < 1.29 is 23.8 Å². The minimum Gasteiger partial charge on any atom is -0.493 e. The van der Waals surface area contributed by atoms with E-state index < -0.39 is 0 Å². The zero-order chi connectivity index (χ0) is 21.1. The molecule has 0 radical (unpaired) electrons. The maximum Gasteiger partial charge on any atom is 0.238 e. The second-order valence-electron chi connectivity index (χ2n) is 6.36. The third-order valence-electron chi connectivity index (χ3n) is 4.39. The molecule has 0 spiro atoms. The number of hydrogen-bond acceptors (Lipinski definition) is 6. The largest absolute Gasteiger partial charge is 0.493 e. The summed E-state index contributed by atoms with van der Waals surface area (Å²) >= 11 is 5.14. The quantitative estimate of drug-likeness (QED) is 0.407. The van der Waals surface area contributed by atoms with E-state index >= 15 is 0 Å². The monoisotopic (exact) mass is 424 g/mol. The van der Waals surface area contributed by atoms with E-state index in [-0.39, 0.29) is 24.7 Å². The van der Waals surface area contributed by atoms with Gasteiger partial charge in [0.15, 0.2) is 16.6 Å². The van der Waals surface area contributed by atoms with E-state index in [1.165, 1.54) is 0 Å². The lowest BCUT2D eigenvalue weighted by Crippen LogP contribution is -2.47. The smallest absolute Gasteiger partial charge is 0.238 e. The Hall–Kier alpha value is -2.59. The number of hydrogen-bond donors (Lipinski definition) is 3. The van der Waals surface area contributed by atoms with Gasteiger partial charge in [-0.05, 0) is 36.3 Å². The maximum absolute atomic E-state index is 12.0. The van der Waals surface area contributed by atoms with Crippen molar-refractivity contribution in [2.45, 2.75) is 19.3 Å². The van der Waals surface area contributed by atoms with Crippen molar-refractivity contribution in [1.29, 1.82) is 0 Å². The van der Waals surface area contributed by atoms with Gasteiger partial charge in [-0.25, -0.2) is 0 Å². The van der Waals surface area contributed by atoms with Crippen LogP contribution in [0.5, 0.6) is 11.5 Å². The highest BCUT2D eigenvalue weighted by molar-refractivity contribution is 7.80. The summed E-state index contributed by atoms with van der Waals surface area (Å²) in [4.78, 5) is 25.6. The lowest BCUT2D eigenvalue weighted by atomic mass is 10.1. The molecular weight excluding hydrogens is 396 g/mol. The van der Waals surface area contributed by atoms with Gasteiger partial charge in [0, 0.05) is 32.5 Å². The third kappa shape index (κ3) is 7.74. The average molecular weight is 425 g/mol. The molecule has 29 heavy (non-hydrogen) atoms. The van der Waals surface area contributed by atoms with Crippen LogP contribution in [-0.2, 0) is 20.7 Å². The van der Waals surface area contributed by atoms with Crippen molar-refractivity contribution in [1.82, 2.24) is 21.1 Å². The van der Waals surface area contributed by atoms with Crippen molar-refractivity contribution in [2.24, 2.45) is 0 Å². The number of rotatable bonds is 8. The molecule has 2 amide bonds. The van der Waals surface area contributed by atoms with Gasteiger partial charge in [-0.1, -0.05) is 6.07 Å². The first-order valence-electron chi connectivity index (χ1n) is 9.42. The highest BCUT2D eigenvalue weighted by atomic mass is 32.1. The molecule has 1 saturated heterocycles. The summed E-state index contributed by atoms with van der Waals surface area (Å²) in [5.41, 5.74) is 6.20. The first-order chi connectivity index (χ1) is 14.0. The Morgan fingerprint density at radius 2 is 1.83 bits per heavy atom. The van der Waals surface area contributed by atoms with E-state index in [4.69, 9.17) is 26.4 Å². The lowest BCUT2D eigenvalue weighted by Gasteiger charge is -2.26. The number of amides is 2. The van der Waals surface area contributed by atoms with Gasteiger partial charge in [0.25, 0.3) is 0 Å². The van der Waals surface area contributed by atoms with Gasteiger partial charge in [-0.15, -0.1) is 0 Å². The molecule has 3 N–H and O–H groups in total. The van der Waals surface area contributed by atoms with Gasteiger partial charge in [-0.3, -0.25) is 20.4 Å². The molecule has 1 aliphatic heterocycles. The van der Waals surface area contributed by atoms with Crippen molar-refractivity contribution in [3.8, 4) is 11.5 Å². The van der Waals surface area contributed by atoms with Gasteiger partial charge in [0.2, 0.25) is 11.8 Å². The normalized spacial score (nSPS) is 13.4. The molecule has 1 aliphatic rings. The third-order valence-corrected chi connectivity index (χ3v) is 4.64. The summed E-state index contributed by atoms with van der Waals surface area (Å²) in [6.45, 7) is 2.82. The van der Waals surface area contributed by atoms with Gasteiger partial charge in [0.05, 0.1) is 27.4 Å². The van der Waals surface area contributed by atoms with E-state index in [1.807, 2.05) is 18.2 Å². The molecule has 1 heterocycles. The fourth-order valence-electron chi connectivity index (χ4n) is 2.78. The highest BCUT2D eigenvalue weighted by Gasteiger charge is 2.17. The maximum atomic E-state index is 12.0. The Labute approximate surface area is 176 Å². The Kier molecular flexibility index (Phi) is 9.45. The Bertz CT molecular complexity index is 710. The van der Waals surface area contributed by atoms with Crippen LogP contribution in [-0.4, -0.2) is 68.9 Å². The van der Waals surface area contributed by atoms with Gasteiger partial charge < -0.3 is 24.4 Å². The predicted molar refractivity (Wildman–Crippen MR) is 112 cm³/mol. The Morgan fingerprint density at radius 1 is 1.10 bits per heavy atom. The number of nitrogens with zero attached hydrogens (tertiary/aromatic N) is 1.